The molecule has 184 valence electrons. The highest BCUT2D eigenvalue weighted by molar-refractivity contribution is 6.04. The molecular weight excluding hydrogens is 455 g/mol. The van der Waals surface area contributed by atoms with Crippen LogP contribution in [0.3, 0.4) is 0 Å². The van der Waals surface area contributed by atoms with Crippen LogP contribution in [0.15, 0.2) is 66.7 Å². The van der Waals surface area contributed by atoms with Crippen LogP contribution in [0.5, 0.6) is 0 Å². The van der Waals surface area contributed by atoms with Crippen LogP contribution in [0.25, 0.3) is 10.9 Å². The zero-order valence-electron chi connectivity index (χ0n) is 20.4. The molecule has 2 heterocycles. The number of halogens is 1. The second-order valence-corrected chi connectivity index (χ2v) is 9.21. The first-order valence-corrected chi connectivity index (χ1v) is 12.1. The first-order chi connectivity index (χ1) is 17.4. The molecule has 1 aromatic heterocycles. The van der Waals surface area contributed by atoms with Gasteiger partial charge in [-0.05, 0) is 73.5 Å². The molecule has 3 aromatic carbocycles. The van der Waals surface area contributed by atoms with Crippen molar-refractivity contribution in [2.75, 3.05) is 35.2 Å². The lowest BCUT2D eigenvalue weighted by molar-refractivity contribution is 0.102. The van der Waals surface area contributed by atoms with Gasteiger partial charge in [0.2, 0.25) is 5.95 Å². The summed E-state index contributed by atoms with van der Waals surface area (Å²) in [5, 5.41) is 10.8. The fourth-order valence-corrected chi connectivity index (χ4v) is 4.31. The minimum atomic E-state index is -0.371. The fourth-order valence-electron chi connectivity index (χ4n) is 4.31. The van der Waals surface area contributed by atoms with Gasteiger partial charge >= 0.3 is 0 Å². The Balaban J connectivity index is 1.31. The Morgan fingerprint density at radius 3 is 2.61 bits per heavy atom. The Morgan fingerprint density at radius 2 is 1.86 bits per heavy atom. The Morgan fingerprint density at radius 1 is 1.08 bits per heavy atom. The van der Waals surface area contributed by atoms with E-state index >= 15 is 0 Å². The molecule has 0 saturated carbocycles. The van der Waals surface area contributed by atoms with Crippen molar-refractivity contribution in [2.45, 2.75) is 26.4 Å². The van der Waals surface area contributed by atoms with Gasteiger partial charge in [-0.2, -0.15) is 4.98 Å². The van der Waals surface area contributed by atoms with E-state index in [1.165, 1.54) is 24.3 Å². The van der Waals surface area contributed by atoms with E-state index in [2.05, 4.69) is 52.9 Å². The van der Waals surface area contributed by atoms with Crippen molar-refractivity contribution in [2.24, 2.45) is 0 Å². The van der Waals surface area contributed by atoms with Gasteiger partial charge in [-0.15, -0.1) is 0 Å². The normalized spacial score (nSPS) is 15.6. The number of anilines is 3. The second kappa shape index (κ2) is 10.3. The third-order valence-corrected chi connectivity index (χ3v) is 6.27. The Hall–Kier alpha value is -4.04. The van der Waals surface area contributed by atoms with E-state index in [0.29, 0.717) is 23.8 Å². The first-order valence-electron chi connectivity index (χ1n) is 12.1. The van der Waals surface area contributed by atoms with Gasteiger partial charge in [0.1, 0.15) is 11.6 Å². The van der Waals surface area contributed by atoms with Crippen molar-refractivity contribution in [1.82, 2.24) is 15.3 Å². The number of nitrogens with zero attached hydrogens (tertiary/aromatic N) is 3. The molecule has 0 radical (unpaired) electrons. The first kappa shape index (κ1) is 23.7. The van der Waals surface area contributed by atoms with Crippen LogP contribution in [0, 0.1) is 12.7 Å². The van der Waals surface area contributed by atoms with E-state index < -0.39 is 0 Å². The molecule has 3 N–H and O–H groups in total. The summed E-state index contributed by atoms with van der Waals surface area (Å²) in [4.78, 5) is 24.4. The monoisotopic (exact) mass is 484 g/mol. The van der Waals surface area contributed by atoms with Crippen LogP contribution < -0.4 is 20.9 Å². The molecule has 0 bridgehead atoms. The molecule has 36 heavy (non-hydrogen) atoms. The number of amides is 1. The van der Waals surface area contributed by atoms with E-state index in [0.717, 1.165) is 53.4 Å². The van der Waals surface area contributed by atoms with Gasteiger partial charge in [0.15, 0.2) is 0 Å². The highest BCUT2D eigenvalue weighted by Gasteiger charge is 2.20. The number of fused-ring (bicyclic) bond motifs is 1. The zero-order chi connectivity index (χ0) is 25.1. The summed E-state index contributed by atoms with van der Waals surface area (Å²) >= 11 is 0. The molecule has 0 aliphatic carbocycles. The van der Waals surface area contributed by atoms with E-state index in [9.17, 15) is 9.18 Å². The van der Waals surface area contributed by atoms with Crippen molar-refractivity contribution in [3.8, 4) is 0 Å². The largest absolute Gasteiger partial charge is 0.365 e. The van der Waals surface area contributed by atoms with Gasteiger partial charge in [0.05, 0.1) is 5.52 Å². The zero-order valence-corrected chi connectivity index (χ0v) is 20.4. The molecule has 8 heteroatoms. The topological polar surface area (TPSA) is 82.2 Å². The minimum absolute atomic E-state index is 0.279. The maximum Gasteiger partial charge on any atom is 0.255 e. The molecule has 1 saturated heterocycles. The molecule has 0 spiro atoms. The average molecular weight is 485 g/mol. The van der Waals surface area contributed by atoms with Gasteiger partial charge in [-0.1, -0.05) is 18.2 Å². The number of aromatic nitrogens is 2. The van der Waals surface area contributed by atoms with E-state index in [1.54, 1.807) is 0 Å². The van der Waals surface area contributed by atoms with Crippen molar-refractivity contribution in [3.63, 3.8) is 0 Å². The van der Waals surface area contributed by atoms with Crippen LogP contribution >= 0.6 is 0 Å². The fraction of sp³-hybridized carbons (Fsp3) is 0.250. The number of carbonyl (C=O) groups is 1. The standard InChI is InChI=1S/C28H29FN6O/c1-18-3-12-24-25(15-18)33-28(35-14-13-30-19(2)17-35)34-26(24)31-16-20-4-10-23(11-5-20)32-27(36)21-6-8-22(29)9-7-21/h3-12,15,19,30H,13-14,16-17H2,1-2H3,(H,32,36)(H,31,33,34)/t19-/m0/s1. The summed E-state index contributed by atoms with van der Waals surface area (Å²) in [6, 6.07) is 19.7. The van der Waals surface area contributed by atoms with Gasteiger partial charge in [0.25, 0.3) is 5.91 Å². The maximum absolute atomic E-state index is 13.1. The molecule has 7 nitrogen and oxygen atoms in total. The Kier molecular flexibility index (Phi) is 6.77. The third kappa shape index (κ3) is 5.44. The molecule has 1 fully saturated rings. The third-order valence-electron chi connectivity index (χ3n) is 6.27. The van der Waals surface area contributed by atoms with Crippen LogP contribution in [0.2, 0.25) is 0 Å². The van der Waals surface area contributed by atoms with E-state index in [4.69, 9.17) is 9.97 Å². The molecular formula is C28H29FN6O. The number of carbonyl (C=O) groups excluding carboxylic acids is 1. The number of benzene rings is 3. The average Bonchev–Trinajstić information content (AvgIpc) is 2.88. The highest BCUT2D eigenvalue weighted by Crippen LogP contribution is 2.26. The van der Waals surface area contributed by atoms with Crippen molar-refractivity contribution in [1.29, 1.82) is 0 Å². The molecule has 1 atom stereocenters. The lowest BCUT2D eigenvalue weighted by Gasteiger charge is -2.32. The van der Waals surface area contributed by atoms with Gasteiger partial charge in [0, 0.05) is 48.9 Å². The maximum atomic E-state index is 13.1. The molecule has 5 rings (SSSR count). The number of nitrogens with one attached hydrogen (secondary N) is 3. The SMILES string of the molecule is Cc1ccc2c(NCc3ccc(NC(=O)c4ccc(F)cc4)cc3)nc(N3CCN[C@@H](C)C3)nc2c1. The summed E-state index contributed by atoms with van der Waals surface area (Å²) in [5.41, 5.74) is 4.21. The smallest absolute Gasteiger partial charge is 0.255 e. The number of rotatable bonds is 6. The van der Waals surface area contributed by atoms with Gasteiger partial charge in [-0.25, -0.2) is 9.37 Å². The van der Waals surface area contributed by atoms with Crippen LogP contribution in [-0.2, 0) is 6.54 Å². The number of hydrogen-bond acceptors (Lipinski definition) is 6. The predicted molar refractivity (Wildman–Crippen MR) is 142 cm³/mol. The second-order valence-electron chi connectivity index (χ2n) is 9.21. The number of aryl methyl sites for hydroxylation is 1. The van der Waals surface area contributed by atoms with Crippen LogP contribution in [-0.4, -0.2) is 41.6 Å². The lowest BCUT2D eigenvalue weighted by atomic mass is 10.1. The predicted octanol–water partition coefficient (Wildman–Crippen LogP) is 4.74. The van der Waals surface area contributed by atoms with Crippen molar-refractivity contribution < 1.29 is 9.18 Å². The summed E-state index contributed by atoms with van der Waals surface area (Å²) < 4.78 is 13.1. The summed E-state index contributed by atoms with van der Waals surface area (Å²) in [5.74, 6) is 0.890. The van der Waals surface area contributed by atoms with Crippen molar-refractivity contribution >= 4 is 34.3 Å². The quantitative estimate of drug-likeness (QED) is 0.367. The van der Waals surface area contributed by atoms with Gasteiger partial charge < -0.3 is 20.9 Å². The van der Waals surface area contributed by atoms with Crippen LogP contribution in [0.1, 0.15) is 28.4 Å². The molecule has 4 aromatic rings. The molecule has 1 aliphatic heterocycles. The van der Waals surface area contributed by atoms with E-state index in [1.807, 2.05) is 24.3 Å². The van der Waals surface area contributed by atoms with Gasteiger partial charge in [-0.3, -0.25) is 4.79 Å². The summed E-state index contributed by atoms with van der Waals surface area (Å²) in [6.07, 6.45) is 0. The minimum Gasteiger partial charge on any atom is -0.365 e. The van der Waals surface area contributed by atoms with Crippen molar-refractivity contribution in [3.05, 3.63) is 89.2 Å². The summed E-state index contributed by atoms with van der Waals surface area (Å²) in [7, 11) is 0. The molecule has 1 aliphatic rings. The van der Waals surface area contributed by atoms with Crippen LogP contribution in [0.4, 0.5) is 21.8 Å². The lowest BCUT2D eigenvalue weighted by Crippen LogP contribution is -2.49. The Bertz CT molecular complexity index is 1370. The highest BCUT2D eigenvalue weighted by atomic mass is 19.1. The molecule has 1 amide bonds. The molecule has 0 unspecified atom stereocenters. The number of hydrogen-bond donors (Lipinski definition) is 3. The summed E-state index contributed by atoms with van der Waals surface area (Å²) in [6.45, 7) is 7.45. The Labute approximate surface area is 209 Å². The number of piperazine rings is 1. The van der Waals surface area contributed by atoms with E-state index in [-0.39, 0.29) is 11.7 Å².